The zero-order chi connectivity index (χ0) is 14.6. The van der Waals surface area contributed by atoms with Crippen LogP contribution in [-0.2, 0) is 6.54 Å². The molecule has 0 unspecified atom stereocenters. The fourth-order valence-corrected chi connectivity index (χ4v) is 2.90. The summed E-state index contributed by atoms with van der Waals surface area (Å²) in [5.41, 5.74) is 1.17. The van der Waals surface area contributed by atoms with Crippen molar-refractivity contribution in [1.29, 1.82) is 0 Å². The highest BCUT2D eigenvalue weighted by Gasteiger charge is 2.07. The molecule has 1 N–H and O–H groups in total. The lowest BCUT2D eigenvalue weighted by Gasteiger charge is -2.12. The van der Waals surface area contributed by atoms with Crippen LogP contribution in [0, 0.1) is 0 Å². The molecule has 0 bridgehead atoms. The topological polar surface area (TPSA) is 29.9 Å². The van der Waals surface area contributed by atoms with Gasteiger partial charge in [-0.05, 0) is 50.3 Å². The Morgan fingerprint density at radius 3 is 2.65 bits per heavy atom. The minimum atomic E-state index is 0.556. The number of rotatable bonds is 12. The van der Waals surface area contributed by atoms with Crippen LogP contribution in [0.2, 0.25) is 0 Å². The van der Waals surface area contributed by atoms with Gasteiger partial charge in [0.1, 0.15) is 0 Å². The molecule has 0 atom stereocenters. The van der Waals surface area contributed by atoms with E-state index in [0.29, 0.717) is 6.04 Å². The van der Waals surface area contributed by atoms with E-state index in [-0.39, 0.29) is 0 Å². The second-order valence-corrected chi connectivity index (χ2v) is 6.33. The number of nitrogens with one attached hydrogen (secondary N) is 1. The largest absolute Gasteiger partial charge is 0.311 e. The summed E-state index contributed by atoms with van der Waals surface area (Å²) in [6.45, 7) is 6.46. The summed E-state index contributed by atoms with van der Waals surface area (Å²) in [6, 6.07) is 2.70. The highest BCUT2D eigenvalue weighted by molar-refractivity contribution is 7.98. The molecule has 0 aliphatic heterocycles. The van der Waals surface area contributed by atoms with Crippen LogP contribution in [0.25, 0.3) is 0 Å². The highest BCUT2D eigenvalue weighted by Crippen LogP contribution is 2.14. The van der Waals surface area contributed by atoms with Crippen LogP contribution in [0.15, 0.2) is 12.3 Å². The number of hydrogen-bond acceptors (Lipinski definition) is 3. The van der Waals surface area contributed by atoms with Gasteiger partial charge < -0.3 is 5.32 Å². The Balaban J connectivity index is 2.10. The van der Waals surface area contributed by atoms with E-state index in [9.17, 15) is 0 Å². The minimum Gasteiger partial charge on any atom is -0.311 e. The Morgan fingerprint density at radius 2 is 1.95 bits per heavy atom. The molecule has 0 saturated heterocycles. The molecule has 0 spiro atoms. The average Bonchev–Trinajstić information content (AvgIpc) is 2.92. The Bertz CT molecular complexity index is 334. The molecule has 0 radical (unpaired) electrons. The summed E-state index contributed by atoms with van der Waals surface area (Å²) in [4.78, 5) is 0. The van der Waals surface area contributed by atoms with E-state index in [4.69, 9.17) is 0 Å². The number of unbranched alkanes of at least 4 members (excludes halogenated alkanes) is 3. The molecule has 3 nitrogen and oxygen atoms in total. The molecule has 4 heteroatoms. The Morgan fingerprint density at radius 1 is 1.20 bits per heavy atom. The van der Waals surface area contributed by atoms with Crippen molar-refractivity contribution < 1.29 is 0 Å². The van der Waals surface area contributed by atoms with Crippen molar-refractivity contribution in [2.24, 2.45) is 0 Å². The summed E-state index contributed by atoms with van der Waals surface area (Å²) in [5, 5.41) is 8.16. The molecular weight excluding hydrogens is 266 g/mol. The van der Waals surface area contributed by atoms with E-state index in [1.807, 2.05) is 11.8 Å². The average molecular weight is 298 g/mol. The van der Waals surface area contributed by atoms with Crippen LogP contribution in [-0.4, -0.2) is 28.3 Å². The number of aromatic nitrogens is 2. The summed E-state index contributed by atoms with van der Waals surface area (Å²) in [5.74, 6) is 1.31. The predicted octanol–water partition coefficient (Wildman–Crippen LogP) is 4.26. The van der Waals surface area contributed by atoms with Gasteiger partial charge in [-0.1, -0.05) is 26.7 Å². The van der Waals surface area contributed by atoms with Crippen molar-refractivity contribution in [1.82, 2.24) is 15.1 Å². The van der Waals surface area contributed by atoms with Crippen molar-refractivity contribution in [3.8, 4) is 0 Å². The van der Waals surface area contributed by atoms with Gasteiger partial charge in [0.05, 0.1) is 11.7 Å². The zero-order valence-corrected chi connectivity index (χ0v) is 14.2. The number of hydrogen-bond donors (Lipinski definition) is 1. The van der Waals surface area contributed by atoms with E-state index >= 15 is 0 Å². The Labute approximate surface area is 128 Å². The predicted molar refractivity (Wildman–Crippen MR) is 90.4 cm³/mol. The summed E-state index contributed by atoms with van der Waals surface area (Å²) in [7, 11) is 0. The van der Waals surface area contributed by atoms with Gasteiger partial charge in [-0.3, -0.25) is 4.68 Å². The van der Waals surface area contributed by atoms with Crippen LogP contribution in [0.3, 0.4) is 0 Å². The molecule has 116 valence electrons. The van der Waals surface area contributed by atoms with Crippen LogP contribution in [0.1, 0.15) is 64.1 Å². The molecule has 0 aliphatic carbocycles. The fraction of sp³-hybridized carbons (Fsp3) is 0.812. The van der Waals surface area contributed by atoms with Crippen LogP contribution < -0.4 is 5.32 Å². The van der Waals surface area contributed by atoms with Gasteiger partial charge in [-0.25, -0.2) is 0 Å². The van der Waals surface area contributed by atoms with Crippen molar-refractivity contribution in [2.75, 3.05) is 18.6 Å². The summed E-state index contributed by atoms with van der Waals surface area (Å²) >= 11 is 1.95. The molecule has 1 rings (SSSR count). The van der Waals surface area contributed by atoms with Gasteiger partial charge in [0.15, 0.2) is 0 Å². The number of nitrogens with zero attached hydrogens (tertiary/aromatic N) is 2. The minimum absolute atomic E-state index is 0.556. The van der Waals surface area contributed by atoms with Crippen LogP contribution in [0.5, 0.6) is 0 Å². The van der Waals surface area contributed by atoms with E-state index < -0.39 is 0 Å². The van der Waals surface area contributed by atoms with Gasteiger partial charge in [-0.2, -0.15) is 16.9 Å². The molecule has 0 fully saturated rings. The Hall–Kier alpha value is -0.480. The van der Waals surface area contributed by atoms with E-state index in [1.54, 1.807) is 0 Å². The maximum atomic E-state index is 4.66. The van der Waals surface area contributed by atoms with Crippen molar-refractivity contribution >= 4 is 11.8 Å². The molecule has 0 aromatic carbocycles. The monoisotopic (exact) mass is 297 g/mol. The molecule has 1 heterocycles. The zero-order valence-electron chi connectivity index (χ0n) is 13.4. The fourth-order valence-electron chi connectivity index (χ4n) is 2.40. The van der Waals surface area contributed by atoms with E-state index in [0.717, 1.165) is 25.9 Å². The van der Waals surface area contributed by atoms with Crippen molar-refractivity contribution in [2.45, 2.75) is 65.0 Å². The first-order valence-electron chi connectivity index (χ1n) is 8.05. The second kappa shape index (κ2) is 11.2. The normalized spacial score (nSPS) is 11.4. The van der Waals surface area contributed by atoms with Gasteiger partial charge in [-0.15, -0.1) is 0 Å². The quantitative estimate of drug-likeness (QED) is 0.585. The Kier molecular flexibility index (Phi) is 9.85. The van der Waals surface area contributed by atoms with Gasteiger partial charge in [0.25, 0.3) is 0 Å². The lowest BCUT2D eigenvalue weighted by Crippen LogP contribution is -2.16. The first-order chi connectivity index (χ1) is 9.81. The summed E-state index contributed by atoms with van der Waals surface area (Å²) < 4.78 is 2.12. The lowest BCUT2D eigenvalue weighted by molar-refractivity contribution is 0.424. The van der Waals surface area contributed by atoms with Crippen LogP contribution >= 0.6 is 11.8 Å². The SMILES string of the molecule is CCC(CC)n1ccc(CNCCCCCCSC)n1. The third-order valence-corrected chi connectivity index (χ3v) is 4.44. The first kappa shape index (κ1) is 17.6. The van der Waals surface area contributed by atoms with Gasteiger partial charge >= 0.3 is 0 Å². The van der Waals surface area contributed by atoms with E-state index in [2.05, 4.69) is 47.5 Å². The molecule has 1 aromatic rings. The van der Waals surface area contributed by atoms with E-state index in [1.165, 1.54) is 37.1 Å². The van der Waals surface area contributed by atoms with Gasteiger partial charge in [0.2, 0.25) is 0 Å². The third kappa shape index (κ3) is 6.80. The standard InChI is InChI=1S/C16H31N3S/c1-4-16(5-2)19-12-10-15(18-19)14-17-11-8-6-7-9-13-20-3/h10,12,16-17H,4-9,11,13-14H2,1-3H3. The number of thioether (sulfide) groups is 1. The summed E-state index contributed by atoms with van der Waals surface area (Å²) in [6.07, 6.45) is 12.0. The maximum absolute atomic E-state index is 4.66. The lowest BCUT2D eigenvalue weighted by atomic mass is 10.2. The maximum Gasteiger partial charge on any atom is 0.0762 e. The molecule has 1 aromatic heterocycles. The third-order valence-electron chi connectivity index (χ3n) is 3.74. The molecular formula is C16H31N3S. The van der Waals surface area contributed by atoms with Crippen molar-refractivity contribution in [3.63, 3.8) is 0 Å². The molecule has 0 aliphatic rings. The smallest absolute Gasteiger partial charge is 0.0762 e. The van der Waals surface area contributed by atoms with Crippen LogP contribution in [0.4, 0.5) is 0 Å². The highest BCUT2D eigenvalue weighted by atomic mass is 32.2. The van der Waals surface area contributed by atoms with Gasteiger partial charge in [0, 0.05) is 12.7 Å². The molecule has 0 amide bonds. The second-order valence-electron chi connectivity index (χ2n) is 5.34. The molecule has 20 heavy (non-hydrogen) atoms. The van der Waals surface area contributed by atoms with Crippen molar-refractivity contribution in [3.05, 3.63) is 18.0 Å². The first-order valence-corrected chi connectivity index (χ1v) is 9.44. The molecule has 0 saturated carbocycles.